The lowest BCUT2D eigenvalue weighted by Gasteiger charge is -2.10. The topological polar surface area (TPSA) is 55.2 Å². The Morgan fingerprint density at radius 1 is 1.25 bits per heavy atom. The molecular weight excluding hydrogens is 266 g/mol. The number of rotatable bonds is 6. The van der Waals surface area contributed by atoms with Gasteiger partial charge in [-0.2, -0.15) is 4.39 Å². The van der Waals surface area contributed by atoms with Crippen LogP contribution in [-0.4, -0.2) is 11.5 Å². The third-order valence-electron chi connectivity index (χ3n) is 3.83. The molecule has 6 heteroatoms. The standard InChI is InChI=1S/C14H18F2N2O2/c15-12-8-13(16)14(18(19)20)7-11(12)9-17-6-5-10-3-1-2-4-10/h7-8,10,17H,1-6,9H2. The van der Waals surface area contributed by atoms with E-state index in [1.807, 2.05) is 0 Å². The minimum absolute atomic E-state index is 0.129. The van der Waals surface area contributed by atoms with E-state index in [1.54, 1.807) is 0 Å². The van der Waals surface area contributed by atoms with Crippen LogP contribution in [0.15, 0.2) is 12.1 Å². The molecule has 0 atom stereocenters. The van der Waals surface area contributed by atoms with E-state index in [1.165, 1.54) is 25.7 Å². The average Bonchev–Trinajstić information content (AvgIpc) is 2.89. The summed E-state index contributed by atoms with van der Waals surface area (Å²) in [5.41, 5.74) is -0.552. The van der Waals surface area contributed by atoms with Crippen molar-refractivity contribution in [1.82, 2.24) is 5.32 Å². The summed E-state index contributed by atoms with van der Waals surface area (Å²) >= 11 is 0. The van der Waals surface area contributed by atoms with Gasteiger partial charge in [0.25, 0.3) is 0 Å². The SMILES string of the molecule is O=[N+]([O-])c1cc(CNCCC2CCCC2)c(F)cc1F. The number of nitro groups is 1. The second-order valence-corrected chi connectivity index (χ2v) is 5.27. The lowest BCUT2D eigenvalue weighted by molar-refractivity contribution is -0.387. The molecule has 1 aromatic rings. The van der Waals surface area contributed by atoms with Crippen LogP contribution in [0.1, 0.15) is 37.7 Å². The quantitative estimate of drug-likeness (QED) is 0.494. The third kappa shape index (κ3) is 3.72. The Bertz CT molecular complexity index is 488. The molecule has 0 unspecified atom stereocenters. The van der Waals surface area contributed by atoms with E-state index >= 15 is 0 Å². The Morgan fingerprint density at radius 3 is 2.60 bits per heavy atom. The molecule has 1 aromatic carbocycles. The summed E-state index contributed by atoms with van der Waals surface area (Å²) < 4.78 is 26.7. The van der Waals surface area contributed by atoms with E-state index in [-0.39, 0.29) is 12.1 Å². The predicted octanol–water partition coefficient (Wildman–Crippen LogP) is 3.54. The molecule has 0 radical (unpaired) electrons. The highest BCUT2D eigenvalue weighted by Crippen LogP contribution is 2.27. The summed E-state index contributed by atoms with van der Waals surface area (Å²) in [6, 6.07) is 1.54. The fourth-order valence-corrected chi connectivity index (χ4v) is 2.68. The second-order valence-electron chi connectivity index (χ2n) is 5.27. The third-order valence-corrected chi connectivity index (χ3v) is 3.83. The highest BCUT2D eigenvalue weighted by molar-refractivity contribution is 5.37. The molecule has 0 aliphatic heterocycles. The van der Waals surface area contributed by atoms with Gasteiger partial charge in [-0.3, -0.25) is 10.1 Å². The lowest BCUT2D eigenvalue weighted by atomic mass is 10.0. The van der Waals surface area contributed by atoms with Crippen molar-refractivity contribution in [1.29, 1.82) is 0 Å². The summed E-state index contributed by atoms with van der Waals surface area (Å²) in [6.07, 6.45) is 6.09. The molecule has 0 amide bonds. The maximum absolute atomic E-state index is 13.5. The Labute approximate surface area is 116 Å². The van der Waals surface area contributed by atoms with Gasteiger partial charge < -0.3 is 5.32 Å². The first kappa shape index (κ1) is 14.8. The lowest BCUT2D eigenvalue weighted by Crippen LogP contribution is -2.18. The first-order valence-electron chi connectivity index (χ1n) is 6.91. The number of nitrogens with zero attached hydrogens (tertiary/aromatic N) is 1. The minimum atomic E-state index is -1.14. The zero-order chi connectivity index (χ0) is 14.5. The van der Waals surface area contributed by atoms with Gasteiger partial charge in [0.05, 0.1) is 4.92 Å². The van der Waals surface area contributed by atoms with Crippen LogP contribution in [-0.2, 0) is 6.54 Å². The molecule has 110 valence electrons. The van der Waals surface area contributed by atoms with Crippen LogP contribution in [0.25, 0.3) is 0 Å². The zero-order valence-electron chi connectivity index (χ0n) is 11.2. The van der Waals surface area contributed by atoms with Crippen molar-refractivity contribution < 1.29 is 13.7 Å². The molecule has 4 nitrogen and oxygen atoms in total. The van der Waals surface area contributed by atoms with Crippen molar-refractivity contribution in [2.45, 2.75) is 38.6 Å². The molecule has 0 aromatic heterocycles. The number of hydrogen-bond acceptors (Lipinski definition) is 3. The van der Waals surface area contributed by atoms with Crippen molar-refractivity contribution in [3.05, 3.63) is 39.4 Å². The molecule has 0 heterocycles. The number of hydrogen-bond donors (Lipinski definition) is 1. The minimum Gasteiger partial charge on any atom is -0.313 e. The maximum Gasteiger partial charge on any atom is 0.305 e. The van der Waals surface area contributed by atoms with Crippen LogP contribution in [0.5, 0.6) is 0 Å². The number of benzene rings is 1. The van der Waals surface area contributed by atoms with Crippen LogP contribution in [0, 0.1) is 27.7 Å². The molecule has 2 rings (SSSR count). The first-order valence-corrected chi connectivity index (χ1v) is 6.91. The number of nitro benzene ring substituents is 1. The fourth-order valence-electron chi connectivity index (χ4n) is 2.68. The largest absolute Gasteiger partial charge is 0.313 e. The maximum atomic E-state index is 13.5. The van der Waals surface area contributed by atoms with Crippen LogP contribution in [0.3, 0.4) is 0 Å². The molecule has 0 saturated heterocycles. The highest BCUT2D eigenvalue weighted by Gasteiger charge is 2.18. The molecule has 0 spiro atoms. The predicted molar refractivity (Wildman–Crippen MR) is 71.3 cm³/mol. The average molecular weight is 284 g/mol. The van der Waals surface area contributed by atoms with Gasteiger partial charge in [-0.15, -0.1) is 0 Å². The van der Waals surface area contributed by atoms with Gasteiger partial charge in [0.1, 0.15) is 5.82 Å². The second kappa shape index (κ2) is 6.74. The summed E-state index contributed by atoms with van der Waals surface area (Å²) in [7, 11) is 0. The Balaban J connectivity index is 1.88. The molecule has 1 saturated carbocycles. The van der Waals surface area contributed by atoms with Crippen molar-refractivity contribution >= 4 is 5.69 Å². The Kier molecular flexibility index (Phi) is 5.00. The van der Waals surface area contributed by atoms with Crippen molar-refractivity contribution in [3.63, 3.8) is 0 Å². The smallest absolute Gasteiger partial charge is 0.305 e. The molecule has 0 bridgehead atoms. The van der Waals surface area contributed by atoms with Crippen LogP contribution in [0.4, 0.5) is 14.5 Å². The van der Waals surface area contributed by atoms with Gasteiger partial charge in [-0.05, 0) is 18.9 Å². The summed E-state index contributed by atoms with van der Waals surface area (Å²) in [5.74, 6) is -1.15. The number of halogens is 2. The Morgan fingerprint density at radius 2 is 1.95 bits per heavy atom. The van der Waals surface area contributed by atoms with Gasteiger partial charge in [-0.25, -0.2) is 4.39 Å². The molecule has 1 aliphatic rings. The van der Waals surface area contributed by atoms with E-state index in [9.17, 15) is 18.9 Å². The van der Waals surface area contributed by atoms with Gasteiger partial charge >= 0.3 is 5.69 Å². The van der Waals surface area contributed by atoms with Gasteiger partial charge in [0.2, 0.25) is 5.82 Å². The van der Waals surface area contributed by atoms with Crippen molar-refractivity contribution in [3.8, 4) is 0 Å². The highest BCUT2D eigenvalue weighted by atomic mass is 19.1. The van der Waals surface area contributed by atoms with E-state index in [0.717, 1.165) is 24.9 Å². The molecule has 20 heavy (non-hydrogen) atoms. The molecule has 1 fully saturated rings. The van der Waals surface area contributed by atoms with Gasteiger partial charge in [0, 0.05) is 24.2 Å². The number of nitrogens with one attached hydrogen (secondary N) is 1. The Hall–Kier alpha value is -1.56. The van der Waals surface area contributed by atoms with E-state index < -0.39 is 22.2 Å². The van der Waals surface area contributed by atoms with Crippen molar-refractivity contribution in [2.75, 3.05) is 6.54 Å². The van der Waals surface area contributed by atoms with Crippen molar-refractivity contribution in [2.24, 2.45) is 5.92 Å². The zero-order valence-corrected chi connectivity index (χ0v) is 11.2. The normalized spacial score (nSPS) is 15.7. The van der Waals surface area contributed by atoms with Gasteiger partial charge in [-0.1, -0.05) is 25.7 Å². The summed E-state index contributed by atoms with van der Waals surface area (Å²) in [4.78, 5) is 9.78. The van der Waals surface area contributed by atoms with E-state index in [2.05, 4.69) is 5.32 Å². The molecule has 1 aliphatic carbocycles. The fraction of sp³-hybridized carbons (Fsp3) is 0.571. The monoisotopic (exact) mass is 284 g/mol. The van der Waals surface area contributed by atoms with Crippen LogP contribution < -0.4 is 5.32 Å². The summed E-state index contributed by atoms with van der Waals surface area (Å²) in [6.45, 7) is 0.926. The van der Waals surface area contributed by atoms with Crippen LogP contribution >= 0.6 is 0 Å². The van der Waals surface area contributed by atoms with Gasteiger partial charge in [0.15, 0.2) is 0 Å². The molecular formula is C14H18F2N2O2. The van der Waals surface area contributed by atoms with E-state index in [0.29, 0.717) is 6.07 Å². The first-order chi connectivity index (χ1) is 9.58. The molecule has 1 N–H and O–H groups in total. The van der Waals surface area contributed by atoms with Crippen LogP contribution in [0.2, 0.25) is 0 Å². The van der Waals surface area contributed by atoms with E-state index in [4.69, 9.17) is 0 Å². The summed E-state index contributed by atoms with van der Waals surface area (Å²) in [5, 5.41) is 13.7.